The molecule has 0 aliphatic carbocycles. The molecule has 3 rings (SSSR count). The lowest BCUT2D eigenvalue weighted by Gasteiger charge is -2.07. The second-order valence-electron chi connectivity index (χ2n) is 5.20. The third-order valence-corrected chi connectivity index (χ3v) is 5.01. The fourth-order valence-electron chi connectivity index (χ4n) is 2.28. The molecule has 0 aliphatic heterocycles. The zero-order valence-electron chi connectivity index (χ0n) is 12.8. The van der Waals surface area contributed by atoms with Gasteiger partial charge in [-0.25, -0.2) is 4.39 Å². The summed E-state index contributed by atoms with van der Waals surface area (Å²) in [5.74, 6) is 1.11. The Morgan fingerprint density at radius 2 is 1.96 bits per heavy atom. The van der Waals surface area contributed by atoms with E-state index in [4.69, 9.17) is 11.6 Å². The first-order valence-electron chi connectivity index (χ1n) is 7.08. The molecule has 3 aromatic rings. The van der Waals surface area contributed by atoms with E-state index < -0.39 is 0 Å². The summed E-state index contributed by atoms with van der Waals surface area (Å²) in [4.78, 5) is 0. The molecule has 3 nitrogen and oxygen atoms in total. The maximum atomic E-state index is 13.1. The van der Waals surface area contributed by atoms with Crippen LogP contribution < -0.4 is 0 Å². The summed E-state index contributed by atoms with van der Waals surface area (Å²) in [6.45, 7) is 2.05. The predicted molar refractivity (Wildman–Crippen MR) is 92.1 cm³/mol. The van der Waals surface area contributed by atoms with Crippen LogP contribution >= 0.6 is 23.4 Å². The van der Waals surface area contributed by atoms with Gasteiger partial charge < -0.3 is 4.57 Å². The minimum absolute atomic E-state index is 0.329. The zero-order valence-corrected chi connectivity index (χ0v) is 14.3. The summed E-state index contributed by atoms with van der Waals surface area (Å²) < 4.78 is 15.0. The van der Waals surface area contributed by atoms with Crippen LogP contribution in [0.15, 0.2) is 47.6 Å². The van der Waals surface area contributed by atoms with Gasteiger partial charge in [-0.2, -0.15) is 0 Å². The van der Waals surface area contributed by atoms with Crippen molar-refractivity contribution in [3.05, 3.63) is 64.4 Å². The molecule has 0 N–H and O–H groups in total. The number of thioether (sulfide) groups is 1. The van der Waals surface area contributed by atoms with Gasteiger partial charge in [0, 0.05) is 23.4 Å². The highest BCUT2D eigenvalue weighted by Gasteiger charge is 2.13. The van der Waals surface area contributed by atoms with Crippen LogP contribution in [0.25, 0.3) is 11.4 Å². The van der Waals surface area contributed by atoms with Crippen molar-refractivity contribution < 1.29 is 4.39 Å². The highest BCUT2D eigenvalue weighted by atomic mass is 35.5. The van der Waals surface area contributed by atoms with Crippen LogP contribution in [0.2, 0.25) is 5.02 Å². The fourth-order valence-corrected chi connectivity index (χ4v) is 3.51. The zero-order chi connectivity index (χ0) is 16.4. The quantitative estimate of drug-likeness (QED) is 0.630. The lowest BCUT2D eigenvalue weighted by molar-refractivity contribution is 0.627. The monoisotopic (exact) mass is 347 g/mol. The number of nitrogens with zero attached hydrogens (tertiary/aromatic N) is 3. The first-order valence-corrected chi connectivity index (χ1v) is 8.44. The molecule has 0 saturated carbocycles. The van der Waals surface area contributed by atoms with Gasteiger partial charge in [0.25, 0.3) is 0 Å². The van der Waals surface area contributed by atoms with Crippen LogP contribution in [-0.2, 0) is 12.8 Å². The molecular weight excluding hydrogens is 333 g/mol. The van der Waals surface area contributed by atoms with Crippen molar-refractivity contribution in [1.29, 1.82) is 0 Å². The van der Waals surface area contributed by atoms with E-state index in [2.05, 4.69) is 23.2 Å². The van der Waals surface area contributed by atoms with E-state index in [0.29, 0.717) is 10.8 Å². The first-order chi connectivity index (χ1) is 11.1. The highest BCUT2D eigenvalue weighted by Crippen LogP contribution is 2.29. The SMILES string of the molecule is Cc1ccccc1-c1nnc(SCc2ccc(F)cc2Cl)n1C. The minimum atomic E-state index is -0.329. The van der Waals surface area contributed by atoms with Crippen LogP contribution in [0.1, 0.15) is 11.1 Å². The smallest absolute Gasteiger partial charge is 0.191 e. The maximum absolute atomic E-state index is 13.1. The molecule has 1 aromatic heterocycles. The van der Waals surface area contributed by atoms with E-state index in [1.165, 1.54) is 23.9 Å². The van der Waals surface area contributed by atoms with Crippen molar-refractivity contribution in [2.24, 2.45) is 7.05 Å². The first kappa shape index (κ1) is 16.0. The Balaban J connectivity index is 1.81. The predicted octanol–water partition coefficient (Wildman–Crippen LogP) is 4.88. The van der Waals surface area contributed by atoms with E-state index in [0.717, 1.165) is 27.7 Å². The summed E-state index contributed by atoms with van der Waals surface area (Å²) in [6.07, 6.45) is 0. The van der Waals surface area contributed by atoms with Gasteiger partial charge in [0.15, 0.2) is 11.0 Å². The molecule has 0 fully saturated rings. The van der Waals surface area contributed by atoms with Crippen molar-refractivity contribution in [2.45, 2.75) is 17.8 Å². The Kier molecular flexibility index (Phi) is 4.68. The second-order valence-corrected chi connectivity index (χ2v) is 6.55. The third-order valence-electron chi connectivity index (χ3n) is 3.59. The molecular formula is C17H15ClFN3S. The summed E-state index contributed by atoms with van der Waals surface area (Å²) in [5.41, 5.74) is 3.09. The number of aryl methyl sites for hydroxylation is 1. The van der Waals surface area contributed by atoms with Gasteiger partial charge in [-0.15, -0.1) is 10.2 Å². The van der Waals surface area contributed by atoms with Crippen LogP contribution in [0, 0.1) is 12.7 Å². The molecule has 0 unspecified atom stereocenters. The van der Waals surface area contributed by atoms with E-state index in [9.17, 15) is 4.39 Å². The molecule has 0 atom stereocenters. The van der Waals surface area contributed by atoms with Gasteiger partial charge in [-0.1, -0.05) is 53.7 Å². The Labute approximate surface area is 143 Å². The summed E-state index contributed by atoms with van der Waals surface area (Å²) >= 11 is 7.59. The van der Waals surface area contributed by atoms with E-state index >= 15 is 0 Å². The molecule has 0 spiro atoms. The van der Waals surface area contributed by atoms with Gasteiger partial charge >= 0.3 is 0 Å². The Bertz CT molecular complexity index is 848. The maximum Gasteiger partial charge on any atom is 0.191 e. The molecule has 0 radical (unpaired) electrons. The Morgan fingerprint density at radius 1 is 1.17 bits per heavy atom. The van der Waals surface area contributed by atoms with Crippen molar-refractivity contribution in [1.82, 2.24) is 14.8 Å². The van der Waals surface area contributed by atoms with Crippen molar-refractivity contribution in [3.8, 4) is 11.4 Å². The number of hydrogen-bond acceptors (Lipinski definition) is 3. The highest BCUT2D eigenvalue weighted by molar-refractivity contribution is 7.98. The number of aromatic nitrogens is 3. The molecule has 0 amide bonds. The van der Waals surface area contributed by atoms with Gasteiger partial charge in [0.05, 0.1) is 0 Å². The largest absolute Gasteiger partial charge is 0.305 e. The van der Waals surface area contributed by atoms with Gasteiger partial charge in [-0.3, -0.25) is 0 Å². The molecule has 6 heteroatoms. The van der Waals surface area contributed by atoms with Crippen LogP contribution in [-0.4, -0.2) is 14.8 Å². The minimum Gasteiger partial charge on any atom is -0.305 e. The van der Waals surface area contributed by atoms with Crippen molar-refractivity contribution >= 4 is 23.4 Å². The average molecular weight is 348 g/mol. The molecule has 118 valence electrons. The van der Waals surface area contributed by atoms with Crippen LogP contribution in [0.5, 0.6) is 0 Å². The third kappa shape index (κ3) is 3.41. The van der Waals surface area contributed by atoms with Crippen molar-refractivity contribution in [3.63, 3.8) is 0 Å². The summed E-state index contributed by atoms with van der Waals surface area (Å²) in [6, 6.07) is 12.5. The Hall–Kier alpha value is -1.85. The van der Waals surface area contributed by atoms with Gasteiger partial charge in [-0.05, 0) is 30.2 Å². The molecule has 2 aromatic carbocycles. The second kappa shape index (κ2) is 6.72. The van der Waals surface area contributed by atoms with Crippen LogP contribution in [0.4, 0.5) is 4.39 Å². The number of hydrogen-bond donors (Lipinski definition) is 0. The van der Waals surface area contributed by atoms with Gasteiger partial charge in [0.2, 0.25) is 0 Å². The molecule has 1 heterocycles. The Morgan fingerprint density at radius 3 is 2.70 bits per heavy atom. The standard InChI is InChI=1S/C17H15ClFN3S/c1-11-5-3-4-6-14(11)16-20-21-17(22(16)2)23-10-12-7-8-13(19)9-15(12)18/h3-9H,10H2,1-2H3. The van der Waals surface area contributed by atoms with Gasteiger partial charge in [0.1, 0.15) is 5.82 Å². The lowest BCUT2D eigenvalue weighted by atomic mass is 10.1. The molecule has 0 bridgehead atoms. The number of benzene rings is 2. The summed E-state index contributed by atoms with van der Waals surface area (Å²) in [7, 11) is 1.94. The van der Waals surface area contributed by atoms with E-state index in [1.54, 1.807) is 6.07 Å². The normalized spacial score (nSPS) is 11.0. The van der Waals surface area contributed by atoms with Crippen molar-refractivity contribution in [2.75, 3.05) is 0 Å². The number of rotatable bonds is 4. The fraction of sp³-hybridized carbons (Fsp3) is 0.176. The molecule has 0 aliphatic rings. The van der Waals surface area contributed by atoms with E-state index in [1.807, 2.05) is 29.8 Å². The molecule has 23 heavy (non-hydrogen) atoms. The van der Waals surface area contributed by atoms with E-state index in [-0.39, 0.29) is 5.82 Å². The molecule has 0 saturated heterocycles. The topological polar surface area (TPSA) is 30.7 Å². The average Bonchev–Trinajstić information content (AvgIpc) is 2.88. The number of halogens is 2. The summed E-state index contributed by atoms with van der Waals surface area (Å²) in [5, 5.41) is 9.77. The lowest BCUT2D eigenvalue weighted by Crippen LogP contribution is -1.96. The van der Waals surface area contributed by atoms with Crippen LogP contribution in [0.3, 0.4) is 0 Å².